The van der Waals surface area contributed by atoms with Crippen LogP contribution in [0.4, 0.5) is 0 Å². The Morgan fingerprint density at radius 1 is 1.00 bits per heavy atom. The highest BCUT2D eigenvalue weighted by Crippen LogP contribution is 2.44. The Bertz CT molecular complexity index is 553. The van der Waals surface area contributed by atoms with Gasteiger partial charge in [-0.2, -0.15) is 0 Å². The van der Waals surface area contributed by atoms with Crippen molar-refractivity contribution in [3.8, 4) is 0 Å². The van der Waals surface area contributed by atoms with Crippen molar-refractivity contribution in [2.75, 3.05) is 13.1 Å². The summed E-state index contributed by atoms with van der Waals surface area (Å²) in [5, 5.41) is 8.10. The fraction of sp³-hybridized carbons (Fsp3) is 0.650. The third-order valence-electron chi connectivity index (χ3n) is 6.23. The van der Waals surface area contributed by atoms with Gasteiger partial charge >= 0.3 is 0 Å². The predicted octanol–water partition coefficient (Wildman–Crippen LogP) is 3.30. The number of piperidine rings is 1. The normalized spacial score (nSPS) is 30.4. The van der Waals surface area contributed by atoms with Gasteiger partial charge in [-0.1, -0.05) is 36.8 Å². The van der Waals surface area contributed by atoms with E-state index in [4.69, 9.17) is 12.2 Å². The Morgan fingerprint density at radius 2 is 1.79 bits per heavy atom. The van der Waals surface area contributed by atoms with Crippen molar-refractivity contribution >= 4 is 17.3 Å². The Labute approximate surface area is 151 Å². The van der Waals surface area contributed by atoms with Crippen molar-refractivity contribution in [2.24, 2.45) is 11.8 Å². The van der Waals surface area contributed by atoms with Gasteiger partial charge in [-0.15, -0.1) is 0 Å². The second kappa shape index (κ2) is 7.40. The number of hydrogen-bond acceptors (Lipinski definition) is 2. The topological polar surface area (TPSA) is 27.3 Å². The van der Waals surface area contributed by atoms with Gasteiger partial charge in [-0.25, -0.2) is 0 Å². The second-order valence-electron chi connectivity index (χ2n) is 7.94. The van der Waals surface area contributed by atoms with E-state index in [1.54, 1.807) is 0 Å². The van der Waals surface area contributed by atoms with Crippen LogP contribution in [-0.2, 0) is 6.54 Å². The van der Waals surface area contributed by atoms with Gasteiger partial charge < -0.3 is 10.6 Å². The van der Waals surface area contributed by atoms with Crippen LogP contribution in [-0.4, -0.2) is 35.2 Å². The van der Waals surface area contributed by atoms with E-state index in [2.05, 4.69) is 45.9 Å². The molecule has 1 heterocycles. The highest BCUT2D eigenvalue weighted by atomic mass is 32.1. The number of thiocarbonyl (C=S) groups is 1. The maximum Gasteiger partial charge on any atom is 0.166 e. The number of benzene rings is 1. The zero-order chi connectivity index (χ0) is 16.4. The molecule has 3 atom stereocenters. The summed E-state index contributed by atoms with van der Waals surface area (Å²) in [6.45, 7) is 3.38. The summed E-state index contributed by atoms with van der Waals surface area (Å²) in [5.41, 5.74) is 1.41. The molecule has 3 aliphatic rings. The van der Waals surface area contributed by atoms with Crippen LogP contribution >= 0.6 is 12.2 Å². The molecule has 1 aromatic carbocycles. The predicted molar refractivity (Wildman–Crippen MR) is 103 cm³/mol. The van der Waals surface area contributed by atoms with Gasteiger partial charge in [0, 0.05) is 31.7 Å². The molecule has 3 nitrogen and oxygen atoms in total. The SMILES string of the molecule is S=C(NC1CCN(Cc2ccccc2)CC1)N[C@H]1C[C@H]2CC[C@H]1C2. The molecule has 2 saturated carbocycles. The molecule has 0 spiro atoms. The van der Waals surface area contributed by atoms with E-state index < -0.39 is 0 Å². The number of likely N-dealkylation sites (tertiary alicyclic amines) is 1. The molecule has 24 heavy (non-hydrogen) atoms. The molecule has 4 rings (SSSR count). The van der Waals surface area contributed by atoms with Crippen molar-refractivity contribution < 1.29 is 0 Å². The van der Waals surface area contributed by atoms with Crippen molar-refractivity contribution in [1.82, 2.24) is 15.5 Å². The highest BCUT2D eigenvalue weighted by molar-refractivity contribution is 7.80. The van der Waals surface area contributed by atoms with Crippen molar-refractivity contribution in [3.63, 3.8) is 0 Å². The quantitative estimate of drug-likeness (QED) is 0.820. The summed E-state index contributed by atoms with van der Waals surface area (Å²) in [6, 6.07) is 12.0. The van der Waals surface area contributed by atoms with Crippen LogP contribution in [0.3, 0.4) is 0 Å². The standard InChI is InChI=1S/C20H29N3S/c24-20(22-19-13-16-6-7-17(19)12-16)21-18-8-10-23(11-9-18)14-15-4-2-1-3-5-15/h1-5,16-19H,6-14H2,(H2,21,22,24)/t16-,17-,19-/m0/s1. The fourth-order valence-electron chi connectivity index (χ4n) is 4.89. The molecule has 0 radical (unpaired) electrons. The highest BCUT2D eigenvalue weighted by Gasteiger charge is 2.39. The van der Waals surface area contributed by atoms with Crippen LogP contribution < -0.4 is 10.6 Å². The lowest BCUT2D eigenvalue weighted by molar-refractivity contribution is 0.198. The molecule has 0 unspecified atom stereocenters. The van der Waals surface area contributed by atoms with Crippen molar-refractivity contribution in [1.29, 1.82) is 0 Å². The van der Waals surface area contributed by atoms with Gasteiger partial charge in [0.25, 0.3) is 0 Å². The van der Waals surface area contributed by atoms with Crippen LogP contribution in [0, 0.1) is 11.8 Å². The molecule has 0 amide bonds. The van der Waals surface area contributed by atoms with Gasteiger partial charge in [-0.05, 0) is 61.7 Å². The maximum absolute atomic E-state index is 5.59. The summed E-state index contributed by atoms with van der Waals surface area (Å²) >= 11 is 5.59. The van der Waals surface area contributed by atoms with Crippen LogP contribution in [0.25, 0.3) is 0 Å². The molecule has 2 N–H and O–H groups in total. The van der Waals surface area contributed by atoms with Crippen molar-refractivity contribution in [3.05, 3.63) is 35.9 Å². The first-order valence-corrected chi connectivity index (χ1v) is 10.0. The van der Waals surface area contributed by atoms with E-state index in [9.17, 15) is 0 Å². The molecule has 130 valence electrons. The maximum atomic E-state index is 5.59. The molecule has 1 aromatic rings. The minimum absolute atomic E-state index is 0.538. The third-order valence-corrected chi connectivity index (χ3v) is 6.46. The number of rotatable bonds is 4. The van der Waals surface area contributed by atoms with Gasteiger partial charge in [0.15, 0.2) is 5.11 Å². The van der Waals surface area contributed by atoms with Crippen molar-refractivity contribution in [2.45, 2.75) is 57.2 Å². The number of nitrogens with zero attached hydrogens (tertiary/aromatic N) is 1. The monoisotopic (exact) mass is 343 g/mol. The lowest BCUT2D eigenvalue weighted by Gasteiger charge is -2.34. The van der Waals surface area contributed by atoms with E-state index in [0.717, 1.165) is 36.6 Å². The summed E-state index contributed by atoms with van der Waals surface area (Å²) in [6.07, 6.45) is 7.99. The van der Waals surface area contributed by atoms with Crippen LogP contribution in [0.2, 0.25) is 0 Å². The first-order valence-electron chi connectivity index (χ1n) is 9.59. The minimum Gasteiger partial charge on any atom is -0.360 e. The molecule has 1 aliphatic heterocycles. The summed E-state index contributed by atoms with van der Waals surface area (Å²) in [7, 11) is 0. The largest absolute Gasteiger partial charge is 0.360 e. The first-order chi connectivity index (χ1) is 11.8. The van der Waals surface area contributed by atoms with E-state index in [0.29, 0.717) is 12.1 Å². The summed E-state index contributed by atoms with van der Waals surface area (Å²) < 4.78 is 0. The average Bonchev–Trinajstić information content (AvgIpc) is 3.20. The van der Waals surface area contributed by atoms with Crippen LogP contribution in [0.15, 0.2) is 30.3 Å². The zero-order valence-electron chi connectivity index (χ0n) is 14.4. The van der Waals surface area contributed by atoms with E-state index >= 15 is 0 Å². The van der Waals surface area contributed by atoms with Gasteiger partial charge in [0.05, 0.1) is 0 Å². The van der Waals surface area contributed by atoms with Gasteiger partial charge in [0.2, 0.25) is 0 Å². The number of fused-ring (bicyclic) bond motifs is 2. The number of hydrogen-bond donors (Lipinski definition) is 2. The molecule has 3 fully saturated rings. The Kier molecular flexibility index (Phi) is 5.04. The molecule has 2 aliphatic carbocycles. The Morgan fingerprint density at radius 3 is 2.46 bits per heavy atom. The van der Waals surface area contributed by atoms with E-state index in [1.165, 1.54) is 44.1 Å². The molecule has 2 bridgehead atoms. The number of nitrogens with one attached hydrogen (secondary N) is 2. The second-order valence-corrected chi connectivity index (χ2v) is 8.34. The third kappa shape index (κ3) is 3.92. The van der Waals surface area contributed by atoms with E-state index in [-0.39, 0.29) is 0 Å². The first kappa shape index (κ1) is 16.3. The van der Waals surface area contributed by atoms with Crippen LogP contribution in [0.5, 0.6) is 0 Å². The lowest BCUT2D eigenvalue weighted by Crippen LogP contribution is -2.50. The van der Waals surface area contributed by atoms with E-state index in [1.807, 2.05) is 0 Å². The van der Waals surface area contributed by atoms with Gasteiger partial charge in [-0.3, -0.25) is 4.90 Å². The molecule has 0 aromatic heterocycles. The Hall–Kier alpha value is -1.13. The lowest BCUT2D eigenvalue weighted by atomic mass is 9.95. The van der Waals surface area contributed by atoms with Crippen LogP contribution in [0.1, 0.15) is 44.1 Å². The fourth-order valence-corrected chi connectivity index (χ4v) is 5.21. The average molecular weight is 344 g/mol. The molecule has 4 heteroatoms. The smallest absolute Gasteiger partial charge is 0.166 e. The summed E-state index contributed by atoms with van der Waals surface area (Å²) in [4.78, 5) is 2.56. The molecular weight excluding hydrogens is 314 g/mol. The summed E-state index contributed by atoms with van der Waals surface area (Å²) in [5.74, 6) is 1.85. The Balaban J connectivity index is 1.18. The molecule has 1 saturated heterocycles. The van der Waals surface area contributed by atoms with Gasteiger partial charge in [0.1, 0.15) is 0 Å². The zero-order valence-corrected chi connectivity index (χ0v) is 15.2. The molecular formula is C20H29N3S. The minimum atomic E-state index is 0.538.